The summed E-state index contributed by atoms with van der Waals surface area (Å²) in [5.41, 5.74) is 2.08. The Morgan fingerprint density at radius 1 is 1.35 bits per heavy atom. The van der Waals surface area contributed by atoms with Gasteiger partial charge >= 0.3 is 0 Å². The number of guanidine groups is 1. The first-order chi connectivity index (χ1) is 12.1. The first kappa shape index (κ1) is 20.7. The van der Waals surface area contributed by atoms with Crippen molar-refractivity contribution in [3.63, 3.8) is 0 Å². The summed E-state index contributed by atoms with van der Waals surface area (Å²) in [5, 5.41) is 10.6. The summed E-state index contributed by atoms with van der Waals surface area (Å²) in [7, 11) is -2.90. The predicted octanol–water partition coefficient (Wildman–Crippen LogP) is 1.73. The van der Waals surface area contributed by atoms with Crippen LogP contribution < -0.4 is 10.6 Å². The molecule has 1 aliphatic heterocycles. The second-order valence-electron chi connectivity index (χ2n) is 6.06. The molecule has 1 atom stereocenters. The van der Waals surface area contributed by atoms with Crippen LogP contribution in [0.5, 0.6) is 0 Å². The lowest BCUT2D eigenvalue weighted by atomic mass is 10.2. The maximum atomic E-state index is 11.6. The number of hydrogen-bond acceptors (Lipinski definition) is 4. The monoisotopic (exact) mass is 489 g/mol. The first-order valence-electron chi connectivity index (χ1n) is 8.40. The van der Waals surface area contributed by atoms with Gasteiger partial charge in [0.15, 0.2) is 15.8 Å². The molecule has 2 heterocycles. The summed E-state index contributed by atoms with van der Waals surface area (Å²) in [6, 6.07) is 9.86. The lowest BCUT2D eigenvalue weighted by Gasteiger charge is -2.15. The highest BCUT2D eigenvalue weighted by atomic mass is 127. The Kier molecular flexibility index (Phi) is 7.44. The molecule has 1 aliphatic rings. The van der Waals surface area contributed by atoms with E-state index < -0.39 is 9.84 Å². The van der Waals surface area contributed by atoms with Gasteiger partial charge in [0.25, 0.3) is 0 Å². The molecule has 0 bridgehead atoms. The molecule has 1 fully saturated rings. The Hall–Kier alpha value is -1.62. The summed E-state index contributed by atoms with van der Waals surface area (Å²) in [6.07, 6.45) is 4.27. The maximum absolute atomic E-state index is 11.6. The van der Waals surface area contributed by atoms with Crippen molar-refractivity contribution in [1.82, 2.24) is 20.4 Å². The molecule has 9 heteroatoms. The number of halogens is 1. The molecule has 0 saturated carbocycles. The van der Waals surface area contributed by atoms with E-state index in [1.54, 1.807) is 10.9 Å². The SMILES string of the molecule is CCNC(=NCc1ccc(-n2cccn2)cc1)NC1CCS(=O)(=O)C1.I. The van der Waals surface area contributed by atoms with Crippen molar-refractivity contribution in [3.05, 3.63) is 48.3 Å². The van der Waals surface area contributed by atoms with Crippen molar-refractivity contribution in [2.24, 2.45) is 4.99 Å². The van der Waals surface area contributed by atoms with Gasteiger partial charge in [0.2, 0.25) is 0 Å². The standard InChI is InChI=1S/C17H23N5O2S.HI/c1-2-18-17(21-15-8-11-25(23,24)13-15)19-12-14-4-6-16(7-5-14)22-10-3-9-20-22;/h3-7,9-10,15H,2,8,11-13H2,1H3,(H2,18,19,21);1H. The van der Waals surface area contributed by atoms with Gasteiger partial charge in [-0.05, 0) is 37.1 Å². The molecule has 0 radical (unpaired) electrons. The summed E-state index contributed by atoms with van der Waals surface area (Å²) in [4.78, 5) is 4.56. The molecule has 2 aromatic rings. The highest BCUT2D eigenvalue weighted by Gasteiger charge is 2.28. The van der Waals surface area contributed by atoms with Gasteiger partial charge in [0.1, 0.15) is 0 Å². The van der Waals surface area contributed by atoms with Crippen LogP contribution in [0.2, 0.25) is 0 Å². The summed E-state index contributed by atoms with van der Waals surface area (Å²) in [5.74, 6) is 1.08. The average molecular weight is 489 g/mol. The highest BCUT2D eigenvalue weighted by Crippen LogP contribution is 2.12. The normalized spacial score (nSPS) is 19.0. The van der Waals surface area contributed by atoms with Crippen LogP contribution in [0.15, 0.2) is 47.7 Å². The van der Waals surface area contributed by atoms with Gasteiger partial charge in [-0.25, -0.2) is 18.1 Å². The van der Waals surface area contributed by atoms with Crippen molar-refractivity contribution in [3.8, 4) is 5.69 Å². The lowest BCUT2D eigenvalue weighted by molar-refractivity contribution is 0.599. The molecule has 1 aromatic heterocycles. The van der Waals surface area contributed by atoms with E-state index in [4.69, 9.17) is 0 Å². The molecule has 1 saturated heterocycles. The van der Waals surface area contributed by atoms with Gasteiger partial charge in [0.05, 0.1) is 23.7 Å². The van der Waals surface area contributed by atoms with Crippen molar-refractivity contribution in [2.75, 3.05) is 18.1 Å². The van der Waals surface area contributed by atoms with Crippen LogP contribution >= 0.6 is 24.0 Å². The van der Waals surface area contributed by atoms with E-state index in [-0.39, 0.29) is 41.5 Å². The molecule has 3 rings (SSSR count). The molecular weight excluding hydrogens is 465 g/mol. The largest absolute Gasteiger partial charge is 0.357 e. The van der Waals surface area contributed by atoms with Gasteiger partial charge < -0.3 is 10.6 Å². The summed E-state index contributed by atoms with van der Waals surface area (Å²) < 4.78 is 25.0. The number of hydrogen-bond donors (Lipinski definition) is 2. The van der Waals surface area contributed by atoms with E-state index in [0.29, 0.717) is 18.9 Å². The molecule has 1 aromatic carbocycles. The molecule has 0 spiro atoms. The Labute approximate surface area is 171 Å². The van der Waals surface area contributed by atoms with E-state index in [1.807, 2.05) is 43.5 Å². The molecule has 26 heavy (non-hydrogen) atoms. The van der Waals surface area contributed by atoms with E-state index in [2.05, 4.69) is 20.7 Å². The minimum absolute atomic E-state index is 0. The minimum atomic E-state index is -2.90. The van der Waals surface area contributed by atoms with E-state index in [9.17, 15) is 8.42 Å². The third-order valence-electron chi connectivity index (χ3n) is 4.04. The third kappa shape index (κ3) is 5.70. The smallest absolute Gasteiger partial charge is 0.191 e. The van der Waals surface area contributed by atoms with Crippen LogP contribution in [0.1, 0.15) is 18.9 Å². The van der Waals surface area contributed by atoms with Crippen LogP contribution in [0, 0.1) is 0 Å². The topological polar surface area (TPSA) is 88.4 Å². The van der Waals surface area contributed by atoms with Crippen molar-refractivity contribution in [1.29, 1.82) is 0 Å². The van der Waals surface area contributed by atoms with Gasteiger partial charge in [-0.2, -0.15) is 5.10 Å². The highest BCUT2D eigenvalue weighted by molar-refractivity contribution is 14.0. The van der Waals surface area contributed by atoms with Crippen molar-refractivity contribution in [2.45, 2.75) is 25.9 Å². The second-order valence-corrected chi connectivity index (χ2v) is 8.29. The Bertz CT molecular complexity index is 819. The Morgan fingerprint density at radius 2 is 2.12 bits per heavy atom. The zero-order valence-electron chi connectivity index (χ0n) is 14.6. The number of nitrogens with zero attached hydrogens (tertiary/aromatic N) is 3. The third-order valence-corrected chi connectivity index (χ3v) is 5.81. The molecular formula is C17H24IN5O2S. The number of rotatable bonds is 5. The number of aliphatic imine (C=N–C) groups is 1. The van der Waals surface area contributed by atoms with Gasteiger partial charge in [-0.15, -0.1) is 24.0 Å². The van der Waals surface area contributed by atoms with Crippen LogP contribution in [-0.4, -0.2) is 48.3 Å². The molecule has 0 aliphatic carbocycles. The lowest BCUT2D eigenvalue weighted by Crippen LogP contribution is -2.44. The van der Waals surface area contributed by atoms with Crippen molar-refractivity contribution >= 4 is 39.8 Å². The summed E-state index contributed by atoms with van der Waals surface area (Å²) >= 11 is 0. The van der Waals surface area contributed by atoms with E-state index in [0.717, 1.165) is 17.8 Å². The minimum Gasteiger partial charge on any atom is -0.357 e. The van der Waals surface area contributed by atoms with Gasteiger partial charge in [-0.3, -0.25) is 0 Å². The first-order valence-corrected chi connectivity index (χ1v) is 10.2. The molecule has 1 unspecified atom stereocenters. The fraction of sp³-hybridized carbons (Fsp3) is 0.412. The average Bonchev–Trinajstić information content (AvgIpc) is 3.23. The predicted molar refractivity (Wildman–Crippen MR) is 114 cm³/mol. The second kappa shape index (κ2) is 9.36. The van der Waals surface area contributed by atoms with Gasteiger partial charge in [0, 0.05) is 25.0 Å². The molecule has 142 valence electrons. The van der Waals surface area contributed by atoms with Crippen LogP contribution in [0.4, 0.5) is 0 Å². The number of nitrogens with one attached hydrogen (secondary N) is 2. The number of sulfone groups is 1. The number of aromatic nitrogens is 2. The fourth-order valence-corrected chi connectivity index (χ4v) is 4.44. The van der Waals surface area contributed by atoms with Crippen LogP contribution in [0.25, 0.3) is 5.69 Å². The zero-order chi connectivity index (χ0) is 17.7. The fourth-order valence-electron chi connectivity index (χ4n) is 2.77. The van der Waals surface area contributed by atoms with E-state index >= 15 is 0 Å². The van der Waals surface area contributed by atoms with Crippen molar-refractivity contribution < 1.29 is 8.42 Å². The summed E-state index contributed by atoms with van der Waals surface area (Å²) in [6.45, 7) is 3.24. The van der Waals surface area contributed by atoms with Gasteiger partial charge in [-0.1, -0.05) is 12.1 Å². The molecule has 2 N–H and O–H groups in total. The molecule has 0 amide bonds. The Morgan fingerprint density at radius 3 is 2.69 bits per heavy atom. The molecule has 7 nitrogen and oxygen atoms in total. The van der Waals surface area contributed by atoms with Crippen LogP contribution in [-0.2, 0) is 16.4 Å². The Balaban J connectivity index is 0.00000243. The quantitative estimate of drug-likeness (QED) is 0.380. The maximum Gasteiger partial charge on any atom is 0.191 e. The zero-order valence-corrected chi connectivity index (χ0v) is 17.8. The van der Waals surface area contributed by atoms with E-state index in [1.165, 1.54) is 0 Å². The van der Waals surface area contributed by atoms with Crippen LogP contribution in [0.3, 0.4) is 0 Å². The number of benzene rings is 1.